The monoisotopic (exact) mass is 382 g/mol. The zero-order valence-electron chi connectivity index (χ0n) is 18.8. The smallest absolute Gasteiger partial charge is 0.192 e. The molecule has 0 spiro atoms. The summed E-state index contributed by atoms with van der Waals surface area (Å²) in [4.78, 5) is 0. The highest BCUT2D eigenvalue weighted by atomic mass is 15.1. The Morgan fingerprint density at radius 2 is 1.66 bits per heavy atom. The molecule has 0 radical (unpaired) electrons. The Balaban J connectivity index is 2.01. The van der Waals surface area contributed by atoms with Gasteiger partial charge in [-0.25, -0.2) is 0 Å². The van der Waals surface area contributed by atoms with Crippen molar-refractivity contribution >= 4 is 17.7 Å². The van der Waals surface area contributed by atoms with E-state index in [0.29, 0.717) is 6.71 Å². The van der Waals surface area contributed by atoms with Gasteiger partial charge in [-0.15, -0.1) is 12.0 Å². The second kappa shape index (κ2) is 7.16. The largest absolute Gasteiger partial charge is 0.227 e. The molecule has 29 heavy (non-hydrogen) atoms. The van der Waals surface area contributed by atoms with Gasteiger partial charge in [0.25, 0.3) is 0 Å². The van der Waals surface area contributed by atoms with Gasteiger partial charge in [0.1, 0.15) is 0 Å². The van der Waals surface area contributed by atoms with Crippen molar-refractivity contribution in [3.63, 3.8) is 0 Å². The fraction of sp³-hybridized carbons (Fsp3) is 0.370. The fourth-order valence-corrected chi connectivity index (χ4v) is 5.70. The Bertz CT molecular complexity index is 1020. The molecule has 2 aromatic rings. The zero-order valence-corrected chi connectivity index (χ0v) is 18.8. The molecule has 0 aliphatic carbocycles. The molecule has 2 atom stereocenters. The molecule has 2 aliphatic rings. The predicted molar refractivity (Wildman–Crippen MR) is 125 cm³/mol. The Hall–Kier alpha value is -2.35. The highest BCUT2D eigenvalue weighted by Gasteiger charge is 2.57. The van der Waals surface area contributed by atoms with Gasteiger partial charge in [-0.3, -0.25) is 0 Å². The van der Waals surface area contributed by atoms with Gasteiger partial charge in [-0.2, -0.15) is 4.57 Å². The van der Waals surface area contributed by atoms with Gasteiger partial charge in [0.2, 0.25) is 12.4 Å². The van der Waals surface area contributed by atoms with Crippen molar-refractivity contribution in [2.75, 3.05) is 0 Å². The summed E-state index contributed by atoms with van der Waals surface area (Å²) < 4.78 is 2.53. The quantitative estimate of drug-likeness (QED) is 0.487. The minimum Gasteiger partial charge on any atom is -0.192 e. The highest BCUT2D eigenvalue weighted by Crippen LogP contribution is 2.53. The molecule has 0 saturated heterocycles. The van der Waals surface area contributed by atoms with Crippen LogP contribution in [0.1, 0.15) is 57.4 Å². The summed E-state index contributed by atoms with van der Waals surface area (Å²) >= 11 is 0. The van der Waals surface area contributed by atoms with E-state index in [1.165, 1.54) is 33.4 Å². The number of hydrogen-bond donors (Lipinski definition) is 0. The van der Waals surface area contributed by atoms with Gasteiger partial charge >= 0.3 is 0 Å². The summed E-state index contributed by atoms with van der Waals surface area (Å²) in [6.45, 7) is 14.4. The fourth-order valence-electron chi connectivity index (χ4n) is 5.70. The molecule has 0 N–H and O–H groups in total. The highest BCUT2D eigenvalue weighted by molar-refractivity contribution is 6.83. The van der Waals surface area contributed by atoms with Crippen molar-refractivity contribution in [3.05, 3.63) is 89.1 Å². The average Bonchev–Trinajstić information content (AvgIpc) is 2.95. The van der Waals surface area contributed by atoms with E-state index in [4.69, 9.17) is 0 Å². The van der Waals surface area contributed by atoms with E-state index in [-0.39, 0.29) is 11.0 Å². The third-order valence-electron chi connectivity index (χ3n) is 7.94. The minimum absolute atomic E-state index is 0.0389. The third kappa shape index (κ3) is 2.80. The number of nitrogens with zero attached hydrogens (tertiary/aromatic N) is 1. The minimum atomic E-state index is 0.0389. The van der Waals surface area contributed by atoms with Crippen molar-refractivity contribution in [1.29, 1.82) is 0 Å². The third-order valence-corrected chi connectivity index (χ3v) is 7.94. The van der Waals surface area contributed by atoms with E-state index in [1.807, 2.05) is 0 Å². The number of aryl methyl sites for hydroxylation is 2. The van der Waals surface area contributed by atoms with Crippen LogP contribution in [0.3, 0.4) is 0 Å². The molecule has 2 aliphatic heterocycles. The van der Waals surface area contributed by atoms with Gasteiger partial charge in [0.15, 0.2) is 11.7 Å². The summed E-state index contributed by atoms with van der Waals surface area (Å²) in [5.41, 5.74) is 8.53. The lowest BCUT2D eigenvalue weighted by Gasteiger charge is -2.47. The topological polar surface area (TPSA) is 3.88 Å². The van der Waals surface area contributed by atoms with Crippen LogP contribution in [-0.2, 0) is 5.54 Å². The Morgan fingerprint density at radius 3 is 2.31 bits per heavy atom. The lowest BCUT2D eigenvalue weighted by Crippen LogP contribution is -2.67. The van der Waals surface area contributed by atoms with Gasteiger partial charge in [0, 0.05) is 31.1 Å². The first-order chi connectivity index (χ1) is 13.9. The Labute approximate surface area is 176 Å². The van der Waals surface area contributed by atoms with Crippen LogP contribution in [0, 0.1) is 19.3 Å². The zero-order chi connectivity index (χ0) is 20.8. The standard InChI is InChI=1S/C27H33BN/c1-7-26(5)23-19-28(25-20(3)13-11-14-21(25)4)17-12-15-22(23)24-16-9-10-18-29(24)27(26,6)8-2/h9-19H,7-8H2,1-6H3/q+1. The molecule has 0 amide bonds. The van der Waals surface area contributed by atoms with E-state index in [1.54, 1.807) is 0 Å². The van der Waals surface area contributed by atoms with Crippen molar-refractivity contribution < 1.29 is 4.57 Å². The lowest BCUT2D eigenvalue weighted by molar-refractivity contribution is -0.780. The van der Waals surface area contributed by atoms with E-state index >= 15 is 0 Å². The van der Waals surface area contributed by atoms with Crippen LogP contribution < -0.4 is 10.0 Å². The number of hydrogen-bond acceptors (Lipinski definition) is 0. The molecule has 3 heterocycles. The SMILES string of the molecule is CCC1(C)C2=CB(c3c(C)cccc3C)C=CC=C2c2cccc[n+]2C1(C)CC. The van der Waals surface area contributed by atoms with Gasteiger partial charge in [-0.05, 0) is 44.9 Å². The van der Waals surface area contributed by atoms with Gasteiger partial charge in [-0.1, -0.05) is 54.7 Å². The molecule has 1 aromatic carbocycles. The molecular formula is C27H33BN+. The molecule has 0 saturated carbocycles. The summed E-state index contributed by atoms with van der Waals surface area (Å²) in [6, 6.07) is 13.3. The van der Waals surface area contributed by atoms with Crippen LogP contribution in [0.15, 0.2) is 72.3 Å². The summed E-state index contributed by atoms with van der Waals surface area (Å²) in [7, 11) is 0. The second-order valence-corrected chi connectivity index (χ2v) is 9.15. The molecule has 1 aromatic heterocycles. The molecule has 4 rings (SSSR count). The van der Waals surface area contributed by atoms with Crippen molar-refractivity contribution in [2.45, 2.75) is 59.9 Å². The first kappa shape index (κ1) is 19.9. The molecule has 2 unspecified atom stereocenters. The number of fused-ring (bicyclic) bond motifs is 3. The summed E-state index contributed by atoms with van der Waals surface area (Å²) in [6.07, 6.45) is 9.11. The summed E-state index contributed by atoms with van der Waals surface area (Å²) in [5.74, 6) is 4.94. The van der Waals surface area contributed by atoms with Gasteiger partial charge < -0.3 is 0 Å². The predicted octanol–water partition coefficient (Wildman–Crippen LogP) is 5.51. The molecule has 148 valence electrons. The van der Waals surface area contributed by atoms with Gasteiger partial charge in [0.05, 0.1) is 5.41 Å². The Kier molecular flexibility index (Phi) is 4.93. The molecule has 0 fully saturated rings. The van der Waals surface area contributed by atoms with Crippen molar-refractivity contribution in [1.82, 2.24) is 0 Å². The number of aromatic nitrogens is 1. The number of rotatable bonds is 3. The number of pyridine rings is 1. The van der Waals surface area contributed by atoms with Crippen LogP contribution in [0.25, 0.3) is 5.57 Å². The second-order valence-electron chi connectivity index (χ2n) is 9.15. The molecule has 2 heteroatoms. The van der Waals surface area contributed by atoms with Crippen molar-refractivity contribution in [3.8, 4) is 0 Å². The van der Waals surface area contributed by atoms with Crippen LogP contribution >= 0.6 is 0 Å². The maximum atomic E-state index is 2.57. The number of allylic oxidation sites excluding steroid dienone is 4. The lowest BCUT2D eigenvalue weighted by atomic mass is 9.41. The average molecular weight is 382 g/mol. The molecule has 0 bridgehead atoms. The molecular weight excluding hydrogens is 349 g/mol. The molecule has 1 nitrogen and oxygen atoms in total. The van der Waals surface area contributed by atoms with Crippen LogP contribution in [-0.4, -0.2) is 6.71 Å². The van der Waals surface area contributed by atoms with Crippen molar-refractivity contribution in [2.24, 2.45) is 5.41 Å². The maximum Gasteiger partial charge on any atom is 0.227 e. The first-order valence-electron chi connectivity index (χ1n) is 11.1. The first-order valence-corrected chi connectivity index (χ1v) is 11.1. The number of benzene rings is 1. The van der Waals surface area contributed by atoms with E-state index in [9.17, 15) is 0 Å². The van der Waals surface area contributed by atoms with E-state index in [2.05, 4.69) is 113 Å². The Morgan fingerprint density at radius 1 is 0.931 bits per heavy atom. The maximum absolute atomic E-state index is 2.57. The van der Waals surface area contributed by atoms with E-state index in [0.717, 1.165) is 12.8 Å². The van der Waals surface area contributed by atoms with Crippen LogP contribution in [0.5, 0.6) is 0 Å². The van der Waals surface area contributed by atoms with Crippen LogP contribution in [0.2, 0.25) is 0 Å². The van der Waals surface area contributed by atoms with Crippen LogP contribution in [0.4, 0.5) is 0 Å². The normalized spacial score (nSPS) is 25.7. The summed E-state index contributed by atoms with van der Waals surface area (Å²) in [5, 5.41) is 0. The van der Waals surface area contributed by atoms with E-state index < -0.39 is 0 Å².